The molecule has 0 saturated heterocycles. The molecule has 1 aliphatic rings. The van der Waals surface area contributed by atoms with Crippen LogP contribution in [0.15, 0.2) is 30.3 Å². The molecule has 9 heteroatoms. The molecule has 0 saturated carbocycles. The van der Waals surface area contributed by atoms with E-state index in [0.717, 1.165) is 5.56 Å². The number of rotatable bonds is 6. The van der Waals surface area contributed by atoms with E-state index in [9.17, 15) is 24.6 Å². The summed E-state index contributed by atoms with van der Waals surface area (Å²) in [5.41, 5.74) is 14.0. The summed E-state index contributed by atoms with van der Waals surface area (Å²) in [6, 6.07) is 8.04. The van der Waals surface area contributed by atoms with E-state index >= 15 is 0 Å². The van der Waals surface area contributed by atoms with Crippen molar-refractivity contribution >= 4 is 40.3 Å². The van der Waals surface area contributed by atoms with Crippen LogP contribution in [0.2, 0.25) is 5.02 Å². The van der Waals surface area contributed by atoms with Crippen molar-refractivity contribution < 1.29 is 24.6 Å². The van der Waals surface area contributed by atoms with Crippen LogP contribution in [0.4, 0.5) is 0 Å². The highest BCUT2D eigenvalue weighted by molar-refractivity contribution is 6.31. The number of aryl methyl sites for hydroxylation is 1. The molecule has 0 radical (unpaired) electrons. The first-order valence-electron chi connectivity index (χ1n) is 9.65. The van der Waals surface area contributed by atoms with Gasteiger partial charge >= 0.3 is 11.9 Å². The van der Waals surface area contributed by atoms with E-state index < -0.39 is 29.7 Å². The van der Waals surface area contributed by atoms with Crippen LogP contribution in [0.3, 0.4) is 0 Å². The smallest absolute Gasteiger partial charge is 0.352 e. The third-order valence-electron chi connectivity index (χ3n) is 5.92. The van der Waals surface area contributed by atoms with E-state index in [4.69, 9.17) is 23.1 Å². The van der Waals surface area contributed by atoms with E-state index in [1.165, 1.54) is 6.07 Å². The molecule has 4 rings (SSSR count). The number of hydrogen-bond acceptors (Lipinski definition) is 4. The number of amides is 1. The van der Waals surface area contributed by atoms with Gasteiger partial charge in [0.2, 0.25) is 5.91 Å². The second-order valence-electron chi connectivity index (χ2n) is 7.66. The van der Waals surface area contributed by atoms with Gasteiger partial charge in [-0.15, -0.1) is 0 Å². The molecule has 2 atom stereocenters. The first-order valence-corrected chi connectivity index (χ1v) is 10.0. The summed E-state index contributed by atoms with van der Waals surface area (Å²) in [4.78, 5) is 39.5. The topological polar surface area (TPSA) is 160 Å². The van der Waals surface area contributed by atoms with Gasteiger partial charge in [-0.25, -0.2) is 9.59 Å². The lowest BCUT2D eigenvalue weighted by molar-refractivity contribution is -0.120. The third-order valence-corrected chi connectivity index (χ3v) is 6.14. The number of carbonyl (C=O) groups excluding carboxylic acids is 1. The highest BCUT2D eigenvalue weighted by atomic mass is 35.5. The Labute approximate surface area is 181 Å². The van der Waals surface area contributed by atoms with Crippen LogP contribution in [0.1, 0.15) is 61.4 Å². The van der Waals surface area contributed by atoms with Crippen molar-refractivity contribution in [2.24, 2.45) is 11.5 Å². The van der Waals surface area contributed by atoms with Gasteiger partial charge in [0.25, 0.3) is 0 Å². The number of H-pyrrole nitrogens is 1. The average Bonchev–Trinajstić information content (AvgIpc) is 3.10. The minimum atomic E-state index is -1.21. The maximum Gasteiger partial charge on any atom is 0.352 e. The number of nitrogens with one attached hydrogen (secondary N) is 1. The number of aromatic nitrogens is 1. The lowest BCUT2D eigenvalue weighted by atomic mass is 9.72. The lowest BCUT2D eigenvalue weighted by Crippen LogP contribution is -2.30. The van der Waals surface area contributed by atoms with Gasteiger partial charge in [0.1, 0.15) is 5.69 Å². The number of halogens is 1. The lowest BCUT2D eigenvalue weighted by Gasteiger charge is -2.30. The van der Waals surface area contributed by atoms with Crippen LogP contribution < -0.4 is 11.5 Å². The van der Waals surface area contributed by atoms with Crippen LogP contribution in [-0.4, -0.2) is 33.0 Å². The Morgan fingerprint density at radius 1 is 1.16 bits per heavy atom. The molecule has 0 aliphatic heterocycles. The summed E-state index contributed by atoms with van der Waals surface area (Å²) in [5, 5.41) is 20.7. The molecule has 0 fully saturated rings. The number of carboxylic acid groups (broad SMARTS) is 2. The van der Waals surface area contributed by atoms with Crippen molar-refractivity contribution in [3.8, 4) is 0 Å². The first kappa shape index (κ1) is 20.9. The van der Waals surface area contributed by atoms with Crippen molar-refractivity contribution in [3.63, 3.8) is 0 Å². The molecule has 3 aromatic rings. The first-order chi connectivity index (χ1) is 14.7. The standard InChI is InChI=1S/C22H20ClN3O5/c23-11-6-10-2-4-13(18-16(10)15(7-11)26-19(18)22(30)31)17(20(25)27)12-3-1-9(8-24)5-14(12)21(28)29/h1,3,5-7,13,17,26H,2,4,8,24H2,(H2,25,27)(H,28,29)(H,30,31). The van der Waals surface area contributed by atoms with Crippen LogP contribution >= 0.6 is 11.6 Å². The van der Waals surface area contributed by atoms with Gasteiger partial charge in [-0.05, 0) is 53.3 Å². The maximum atomic E-state index is 12.6. The third kappa shape index (κ3) is 3.43. The monoisotopic (exact) mass is 441 g/mol. The fourth-order valence-electron chi connectivity index (χ4n) is 4.69. The van der Waals surface area contributed by atoms with Crippen LogP contribution in [-0.2, 0) is 17.8 Å². The molecule has 31 heavy (non-hydrogen) atoms. The highest BCUT2D eigenvalue weighted by Gasteiger charge is 2.39. The highest BCUT2D eigenvalue weighted by Crippen LogP contribution is 2.47. The number of nitrogens with two attached hydrogens (primary N) is 2. The number of carboxylic acids is 2. The number of aromatic carboxylic acids is 2. The molecule has 2 unspecified atom stereocenters. The molecule has 1 amide bonds. The summed E-state index contributed by atoms with van der Waals surface area (Å²) in [6.07, 6.45) is 0.949. The Balaban J connectivity index is 1.98. The van der Waals surface area contributed by atoms with Gasteiger partial charge in [-0.2, -0.15) is 0 Å². The van der Waals surface area contributed by atoms with Crippen molar-refractivity contribution in [2.75, 3.05) is 0 Å². The predicted octanol–water partition coefficient (Wildman–Crippen LogP) is 2.98. The maximum absolute atomic E-state index is 12.6. The van der Waals surface area contributed by atoms with Gasteiger partial charge in [0, 0.05) is 28.4 Å². The zero-order chi connectivity index (χ0) is 22.4. The summed E-state index contributed by atoms with van der Waals surface area (Å²) in [5.74, 6) is -4.76. The van der Waals surface area contributed by atoms with Crippen LogP contribution in [0.25, 0.3) is 10.9 Å². The molecule has 1 aromatic heterocycles. The summed E-state index contributed by atoms with van der Waals surface area (Å²) in [6.45, 7) is 0.140. The Morgan fingerprint density at radius 3 is 2.52 bits per heavy atom. The normalized spacial score (nSPS) is 16.3. The summed E-state index contributed by atoms with van der Waals surface area (Å²) >= 11 is 6.18. The fraction of sp³-hybridized carbons (Fsp3) is 0.227. The molecular weight excluding hydrogens is 422 g/mol. The van der Waals surface area contributed by atoms with Crippen molar-refractivity contribution in [2.45, 2.75) is 31.2 Å². The Kier molecular flexibility index (Phi) is 5.20. The SMILES string of the molecule is NCc1ccc(C(C(N)=O)C2CCc3cc(Cl)cc4[nH]c(C(=O)O)c2c34)c(C(=O)O)c1. The molecule has 1 heterocycles. The minimum absolute atomic E-state index is 0.0510. The molecule has 160 valence electrons. The summed E-state index contributed by atoms with van der Waals surface area (Å²) < 4.78 is 0. The minimum Gasteiger partial charge on any atom is -0.478 e. The number of primary amides is 1. The van der Waals surface area contributed by atoms with Crippen molar-refractivity contribution in [1.82, 2.24) is 4.98 Å². The van der Waals surface area contributed by atoms with E-state index in [2.05, 4.69) is 4.98 Å². The zero-order valence-electron chi connectivity index (χ0n) is 16.3. The Bertz CT molecular complexity index is 1250. The van der Waals surface area contributed by atoms with Crippen LogP contribution in [0.5, 0.6) is 0 Å². The molecule has 1 aliphatic carbocycles. The Hall–Kier alpha value is -3.36. The second-order valence-corrected chi connectivity index (χ2v) is 8.10. The predicted molar refractivity (Wildman–Crippen MR) is 115 cm³/mol. The average molecular weight is 442 g/mol. The number of carbonyl (C=O) groups is 3. The van der Waals surface area contributed by atoms with E-state index in [1.54, 1.807) is 24.3 Å². The van der Waals surface area contributed by atoms with Gasteiger partial charge in [-0.1, -0.05) is 23.7 Å². The van der Waals surface area contributed by atoms with E-state index in [0.29, 0.717) is 39.9 Å². The number of hydrogen-bond donors (Lipinski definition) is 5. The van der Waals surface area contributed by atoms with Gasteiger partial charge in [0.05, 0.1) is 11.5 Å². The van der Waals surface area contributed by atoms with Crippen molar-refractivity contribution in [1.29, 1.82) is 0 Å². The number of benzene rings is 2. The zero-order valence-corrected chi connectivity index (χ0v) is 17.1. The largest absolute Gasteiger partial charge is 0.478 e. The van der Waals surface area contributed by atoms with Crippen LogP contribution in [0, 0.1) is 0 Å². The van der Waals surface area contributed by atoms with Crippen molar-refractivity contribution in [3.05, 3.63) is 68.9 Å². The molecule has 0 spiro atoms. The molecular formula is C22H20ClN3O5. The number of aromatic amines is 1. The van der Waals surface area contributed by atoms with Gasteiger partial charge in [0.15, 0.2) is 0 Å². The van der Waals surface area contributed by atoms with E-state index in [1.807, 2.05) is 0 Å². The quantitative estimate of drug-likeness (QED) is 0.395. The fourth-order valence-corrected chi connectivity index (χ4v) is 4.93. The van der Waals surface area contributed by atoms with Gasteiger partial charge in [-0.3, -0.25) is 4.79 Å². The molecule has 7 N–H and O–H groups in total. The molecule has 8 nitrogen and oxygen atoms in total. The summed E-state index contributed by atoms with van der Waals surface area (Å²) in [7, 11) is 0. The molecule has 0 bridgehead atoms. The Morgan fingerprint density at radius 2 is 1.90 bits per heavy atom. The second kappa shape index (κ2) is 7.72. The molecule has 2 aromatic carbocycles. The van der Waals surface area contributed by atoms with Gasteiger partial charge < -0.3 is 26.7 Å². The van der Waals surface area contributed by atoms with E-state index in [-0.39, 0.29) is 23.4 Å².